The lowest BCUT2D eigenvalue weighted by molar-refractivity contribution is -0.385. The van der Waals surface area contributed by atoms with Crippen molar-refractivity contribution in [2.45, 2.75) is 0 Å². The van der Waals surface area contributed by atoms with Gasteiger partial charge in [0.25, 0.3) is 17.5 Å². The highest BCUT2D eigenvalue weighted by Crippen LogP contribution is 2.40. The van der Waals surface area contributed by atoms with Gasteiger partial charge < -0.3 is 0 Å². The van der Waals surface area contributed by atoms with Crippen molar-refractivity contribution >= 4 is 50.0 Å². The summed E-state index contributed by atoms with van der Waals surface area (Å²) >= 11 is 3.21. The largest absolute Gasteiger partial charge is 0.284 e. The first-order chi connectivity index (χ1) is 12.0. The van der Waals surface area contributed by atoms with Gasteiger partial charge in [-0.25, -0.2) is 9.88 Å². The van der Waals surface area contributed by atoms with Gasteiger partial charge in [0.2, 0.25) is 0 Å². The van der Waals surface area contributed by atoms with Gasteiger partial charge in [-0.05, 0) is 34.1 Å². The van der Waals surface area contributed by atoms with Gasteiger partial charge in [-0.3, -0.25) is 19.7 Å². The molecule has 0 aliphatic carbocycles. The van der Waals surface area contributed by atoms with Crippen LogP contribution in [0.5, 0.6) is 0 Å². The zero-order chi connectivity index (χ0) is 17.7. The first kappa shape index (κ1) is 15.4. The average Bonchev–Trinajstić information content (AvgIpc) is 2.61. The predicted molar refractivity (Wildman–Crippen MR) is 93.7 cm³/mol. The lowest BCUT2D eigenvalue weighted by Crippen LogP contribution is -2.41. The number of hydrogen-bond donors (Lipinski definition) is 0. The van der Waals surface area contributed by atoms with Crippen LogP contribution in [0.3, 0.4) is 0 Å². The van der Waals surface area contributed by atoms with E-state index < -0.39 is 16.7 Å². The number of nitrogens with zero attached hydrogens (tertiary/aromatic N) is 3. The molecule has 0 saturated heterocycles. The fourth-order valence-corrected chi connectivity index (χ4v) is 3.53. The second-order valence-corrected chi connectivity index (χ2v) is 6.17. The number of carbonyl (C=O) groups excluding carboxylic acids is 2. The van der Waals surface area contributed by atoms with Crippen LogP contribution in [0.15, 0.2) is 53.1 Å². The number of hydrogen-bond acceptors (Lipinski definition) is 5. The molecule has 2 amide bonds. The molecule has 1 aliphatic heterocycles. The van der Waals surface area contributed by atoms with Crippen LogP contribution in [0, 0.1) is 10.1 Å². The Morgan fingerprint density at radius 2 is 1.80 bits per heavy atom. The quantitative estimate of drug-likeness (QED) is 0.373. The third-order valence-corrected chi connectivity index (χ3v) is 4.85. The third-order valence-electron chi connectivity index (χ3n) is 4.02. The van der Waals surface area contributed by atoms with E-state index in [9.17, 15) is 19.7 Å². The molecule has 0 fully saturated rings. The number of anilines is 1. The summed E-state index contributed by atoms with van der Waals surface area (Å²) in [5.41, 5.74) is 0.169. The van der Waals surface area contributed by atoms with E-state index in [1.165, 1.54) is 18.3 Å². The van der Waals surface area contributed by atoms with E-state index in [1.807, 2.05) is 0 Å². The van der Waals surface area contributed by atoms with Crippen molar-refractivity contribution < 1.29 is 14.5 Å². The Kier molecular flexibility index (Phi) is 3.36. The average molecular weight is 398 g/mol. The van der Waals surface area contributed by atoms with Crippen molar-refractivity contribution in [2.24, 2.45) is 0 Å². The van der Waals surface area contributed by atoms with E-state index in [2.05, 4.69) is 20.9 Å². The predicted octanol–water partition coefficient (Wildman–Crippen LogP) is 3.71. The molecule has 0 N–H and O–H groups in total. The second-order valence-electron chi connectivity index (χ2n) is 5.38. The summed E-state index contributed by atoms with van der Waals surface area (Å²) in [6.45, 7) is 0. The van der Waals surface area contributed by atoms with Gasteiger partial charge in [-0.2, -0.15) is 0 Å². The maximum atomic E-state index is 12.9. The number of benzene rings is 2. The van der Waals surface area contributed by atoms with Crippen molar-refractivity contribution in [1.82, 2.24) is 4.98 Å². The second kappa shape index (κ2) is 5.45. The number of nitro benzene ring substituents is 1. The van der Waals surface area contributed by atoms with Gasteiger partial charge in [0, 0.05) is 28.6 Å². The van der Waals surface area contributed by atoms with Crippen LogP contribution in [0.4, 0.5) is 11.5 Å². The molecule has 1 aromatic heterocycles. The highest BCUT2D eigenvalue weighted by atomic mass is 79.9. The van der Waals surface area contributed by atoms with Crippen LogP contribution in [0.1, 0.15) is 20.7 Å². The minimum atomic E-state index is -0.636. The molecule has 0 atom stereocenters. The molecule has 122 valence electrons. The summed E-state index contributed by atoms with van der Waals surface area (Å²) in [6.07, 6.45) is 1.47. The van der Waals surface area contributed by atoms with Crippen LogP contribution in [-0.2, 0) is 0 Å². The molecule has 3 aromatic rings. The van der Waals surface area contributed by atoms with Crippen molar-refractivity contribution in [3.8, 4) is 0 Å². The van der Waals surface area contributed by atoms with Crippen molar-refractivity contribution in [3.63, 3.8) is 0 Å². The Balaban J connectivity index is 2.07. The monoisotopic (exact) mass is 397 g/mol. The lowest BCUT2D eigenvalue weighted by atomic mass is 9.93. The number of halogens is 1. The van der Waals surface area contributed by atoms with Crippen LogP contribution in [0.2, 0.25) is 0 Å². The van der Waals surface area contributed by atoms with Gasteiger partial charge in [0.15, 0.2) is 0 Å². The van der Waals surface area contributed by atoms with Gasteiger partial charge >= 0.3 is 0 Å². The highest BCUT2D eigenvalue weighted by molar-refractivity contribution is 9.10. The fraction of sp³-hybridized carbons (Fsp3) is 0. The highest BCUT2D eigenvalue weighted by Gasteiger charge is 2.37. The molecule has 8 heteroatoms. The molecule has 0 bridgehead atoms. The van der Waals surface area contributed by atoms with E-state index >= 15 is 0 Å². The van der Waals surface area contributed by atoms with Gasteiger partial charge in [0.1, 0.15) is 10.3 Å². The van der Waals surface area contributed by atoms with Crippen LogP contribution in [-0.4, -0.2) is 21.7 Å². The molecule has 2 heterocycles. The summed E-state index contributed by atoms with van der Waals surface area (Å²) in [7, 11) is 0. The summed E-state index contributed by atoms with van der Waals surface area (Å²) < 4.78 is 0.241. The molecule has 1 aliphatic rings. The van der Waals surface area contributed by atoms with E-state index in [0.29, 0.717) is 16.3 Å². The number of rotatable bonds is 2. The minimum Gasteiger partial charge on any atom is -0.268 e. The van der Waals surface area contributed by atoms with E-state index in [1.54, 1.807) is 30.3 Å². The Morgan fingerprint density at radius 1 is 1.04 bits per heavy atom. The smallest absolute Gasteiger partial charge is 0.268 e. The molecule has 0 unspecified atom stereocenters. The third kappa shape index (κ3) is 2.14. The Bertz CT molecular complexity index is 1080. The molecule has 0 radical (unpaired) electrons. The van der Waals surface area contributed by atoms with Gasteiger partial charge in [0.05, 0.1) is 10.5 Å². The number of pyridine rings is 1. The Morgan fingerprint density at radius 3 is 2.48 bits per heavy atom. The van der Waals surface area contributed by atoms with Crippen LogP contribution in [0.25, 0.3) is 10.8 Å². The lowest BCUT2D eigenvalue weighted by Gasteiger charge is -2.26. The van der Waals surface area contributed by atoms with Crippen LogP contribution < -0.4 is 4.90 Å². The molecule has 4 rings (SSSR count). The normalized spacial score (nSPS) is 13.4. The van der Waals surface area contributed by atoms with Gasteiger partial charge in [-0.1, -0.05) is 18.2 Å². The SMILES string of the molecule is O=C1c2cccc3c(Br)c([N+](=O)[O-])cc(c23)C(=O)N1c1ccccn1. The number of nitro groups is 1. The maximum absolute atomic E-state index is 12.9. The van der Waals surface area contributed by atoms with Crippen molar-refractivity contribution in [3.05, 3.63) is 74.4 Å². The number of amides is 2. The molecule has 7 nitrogen and oxygen atoms in total. The number of aromatic nitrogens is 1. The van der Waals surface area contributed by atoms with Crippen molar-refractivity contribution in [2.75, 3.05) is 4.90 Å². The van der Waals surface area contributed by atoms with E-state index in [4.69, 9.17) is 0 Å². The molecule has 25 heavy (non-hydrogen) atoms. The van der Waals surface area contributed by atoms with Crippen molar-refractivity contribution in [1.29, 1.82) is 0 Å². The molecular weight excluding hydrogens is 390 g/mol. The Labute approximate surface area is 149 Å². The summed E-state index contributed by atoms with van der Waals surface area (Å²) in [5, 5.41) is 12.2. The molecule has 2 aromatic carbocycles. The molecule has 0 spiro atoms. The van der Waals surface area contributed by atoms with Gasteiger partial charge in [-0.15, -0.1) is 0 Å². The standard InChI is InChI=1S/C17H8BrN3O4/c18-15-9-4-3-5-10-14(9)11(8-12(15)21(24)25)17(23)20(16(10)22)13-6-1-2-7-19-13/h1-8H. The zero-order valence-electron chi connectivity index (χ0n) is 12.5. The van der Waals surface area contributed by atoms with E-state index in [0.717, 1.165) is 4.90 Å². The first-order valence-electron chi connectivity index (χ1n) is 7.20. The Hall–Kier alpha value is -3.13. The molecular formula is C17H8BrN3O4. The topological polar surface area (TPSA) is 93.4 Å². The zero-order valence-corrected chi connectivity index (χ0v) is 14.1. The summed E-state index contributed by atoms with van der Waals surface area (Å²) in [4.78, 5) is 41.5. The first-order valence-corrected chi connectivity index (χ1v) is 7.99. The minimum absolute atomic E-state index is 0.103. The number of carbonyl (C=O) groups is 2. The maximum Gasteiger partial charge on any atom is 0.284 e. The summed E-state index contributed by atoms with van der Waals surface area (Å²) in [6, 6.07) is 10.9. The summed E-state index contributed by atoms with van der Waals surface area (Å²) in [5.74, 6) is -0.976. The number of imide groups is 1. The fourth-order valence-electron chi connectivity index (χ4n) is 2.94. The van der Waals surface area contributed by atoms with E-state index in [-0.39, 0.29) is 21.5 Å². The van der Waals surface area contributed by atoms with Crippen LogP contribution >= 0.6 is 15.9 Å². The molecule has 0 saturated carbocycles.